The highest BCUT2D eigenvalue weighted by Crippen LogP contribution is 2.36. The molecule has 2 atom stereocenters. The van der Waals surface area contributed by atoms with Crippen LogP contribution in [0.2, 0.25) is 0 Å². The number of aryl methyl sites for hydroxylation is 1. The molecule has 1 aromatic rings. The van der Waals surface area contributed by atoms with Gasteiger partial charge in [-0.1, -0.05) is 30.7 Å². The van der Waals surface area contributed by atoms with Gasteiger partial charge < -0.3 is 0 Å². The highest BCUT2D eigenvalue weighted by molar-refractivity contribution is 5.33. The molecule has 1 saturated heterocycles. The largest absolute Gasteiger partial charge is 0.238 e. The Hall–Kier alpha value is -0.820. The van der Waals surface area contributed by atoms with Gasteiger partial charge in [-0.3, -0.25) is 0 Å². The van der Waals surface area contributed by atoms with Gasteiger partial charge >= 0.3 is 0 Å². The number of rotatable bonds is 1. The fraction of sp³-hybridized carbons (Fsp3) is 0.600. The maximum atomic E-state index is 4.85. The third kappa shape index (κ3) is 1.89. The van der Waals surface area contributed by atoms with Crippen LogP contribution < -0.4 is 5.32 Å². The van der Waals surface area contributed by atoms with Crippen LogP contribution in [-0.2, 0) is 6.42 Å². The maximum absolute atomic E-state index is 4.85. The Morgan fingerprint density at radius 1 is 1.00 bits per heavy atom. The van der Waals surface area contributed by atoms with E-state index in [2.05, 4.69) is 24.3 Å². The molecule has 1 heterocycles. The average Bonchev–Trinajstić information content (AvgIpc) is 2.39. The summed E-state index contributed by atoms with van der Waals surface area (Å²) in [5, 5.41) is 4.85. The molecule has 0 aromatic heterocycles. The van der Waals surface area contributed by atoms with Crippen LogP contribution in [0.25, 0.3) is 0 Å². The first-order valence-electron chi connectivity index (χ1n) is 6.69. The van der Waals surface area contributed by atoms with Crippen LogP contribution in [-0.4, -0.2) is 12.6 Å². The highest BCUT2D eigenvalue weighted by atomic mass is 14.9. The van der Waals surface area contributed by atoms with Crippen LogP contribution in [0.4, 0.5) is 0 Å². The van der Waals surface area contributed by atoms with E-state index in [-0.39, 0.29) is 0 Å². The van der Waals surface area contributed by atoms with Crippen molar-refractivity contribution in [1.29, 1.82) is 0 Å². The Morgan fingerprint density at radius 3 is 2.81 bits per heavy atom. The minimum atomic E-state index is 0.621. The minimum Gasteiger partial charge on any atom is -0.238 e. The Morgan fingerprint density at radius 2 is 1.94 bits per heavy atom. The SMILES string of the molecule is c1ccc2c(c1)CCCC2C1CCCC[N]1. The van der Waals surface area contributed by atoms with Crippen LogP contribution in [0, 0.1) is 0 Å². The number of nitrogens with zero attached hydrogens (tertiary/aromatic N) is 1. The van der Waals surface area contributed by atoms with Crippen LogP contribution >= 0.6 is 0 Å². The van der Waals surface area contributed by atoms with Crippen molar-refractivity contribution in [3.63, 3.8) is 0 Å². The zero-order chi connectivity index (χ0) is 10.8. The van der Waals surface area contributed by atoms with Gasteiger partial charge in [0.2, 0.25) is 0 Å². The standard InChI is InChI=1S/C15H20N/c1-2-8-13-12(6-1)7-5-9-14(13)15-10-3-4-11-16-15/h1-2,6,8,14-15H,3-5,7,9-11H2. The summed E-state index contributed by atoms with van der Waals surface area (Å²) in [6, 6.07) is 9.64. The van der Waals surface area contributed by atoms with Crippen molar-refractivity contribution >= 4 is 0 Å². The first kappa shape index (κ1) is 10.3. The molecule has 2 aliphatic rings. The molecular formula is C15H20N. The van der Waals surface area contributed by atoms with E-state index in [1.807, 2.05) is 0 Å². The smallest absolute Gasteiger partial charge is 0.0314 e. The Balaban J connectivity index is 1.86. The van der Waals surface area contributed by atoms with Crippen LogP contribution in [0.3, 0.4) is 0 Å². The summed E-state index contributed by atoms with van der Waals surface area (Å²) in [5.41, 5.74) is 3.18. The molecule has 1 aliphatic heterocycles. The fourth-order valence-corrected chi connectivity index (χ4v) is 3.33. The van der Waals surface area contributed by atoms with Gasteiger partial charge in [0.15, 0.2) is 0 Å². The number of benzene rings is 1. The van der Waals surface area contributed by atoms with E-state index in [9.17, 15) is 0 Å². The second kappa shape index (κ2) is 4.58. The zero-order valence-electron chi connectivity index (χ0n) is 9.86. The molecule has 1 fully saturated rings. The predicted octanol–water partition coefficient (Wildman–Crippen LogP) is 3.26. The fourth-order valence-electron chi connectivity index (χ4n) is 3.33. The van der Waals surface area contributed by atoms with Crippen molar-refractivity contribution in [2.24, 2.45) is 0 Å². The third-order valence-corrected chi connectivity index (χ3v) is 4.15. The molecule has 1 nitrogen and oxygen atoms in total. The molecule has 0 amide bonds. The average molecular weight is 214 g/mol. The van der Waals surface area contributed by atoms with Gasteiger partial charge in [-0.2, -0.15) is 0 Å². The van der Waals surface area contributed by atoms with Crippen LogP contribution in [0.5, 0.6) is 0 Å². The summed E-state index contributed by atoms with van der Waals surface area (Å²) < 4.78 is 0. The number of piperidine rings is 1. The lowest BCUT2D eigenvalue weighted by Crippen LogP contribution is -2.35. The van der Waals surface area contributed by atoms with Crippen molar-refractivity contribution in [2.45, 2.75) is 50.5 Å². The summed E-state index contributed by atoms with van der Waals surface area (Å²) in [4.78, 5) is 0. The van der Waals surface area contributed by atoms with Crippen molar-refractivity contribution < 1.29 is 0 Å². The lowest BCUT2D eigenvalue weighted by molar-refractivity contribution is 0.321. The van der Waals surface area contributed by atoms with E-state index in [1.165, 1.54) is 38.5 Å². The quantitative estimate of drug-likeness (QED) is 0.681. The lowest BCUT2D eigenvalue weighted by atomic mass is 9.76. The molecule has 0 saturated carbocycles. The van der Waals surface area contributed by atoms with Gasteiger partial charge in [-0.15, -0.1) is 0 Å². The molecule has 16 heavy (non-hydrogen) atoms. The number of hydrogen-bond acceptors (Lipinski definition) is 0. The molecule has 0 spiro atoms. The van der Waals surface area contributed by atoms with Gasteiger partial charge in [-0.05, 0) is 43.2 Å². The van der Waals surface area contributed by atoms with Gasteiger partial charge in [0.05, 0.1) is 0 Å². The van der Waals surface area contributed by atoms with E-state index >= 15 is 0 Å². The number of fused-ring (bicyclic) bond motifs is 1. The molecule has 2 unspecified atom stereocenters. The Labute approximate surface area is 98.3 Å². The summed E-state index contributed by atoms with van der Waals surface area (Å²) in [6.45, 7) is 1.10. The molecule has 0 bridgehead atoms. The zero-order valence-corrected chi connectivity index (χ0v) is 9.86. The monoisotopic (exact) mass is 214 g/mol. The molecule has 85 valence electrons. The molecule has 3 rings (SSSR count). The summed E-state index contributed by atoms with van der Waals surface area (Å²) in [7, 11) is 0. The first-order chi connectivity index (χ1) is 7.95. The number of hydrogen-bond donors (Lipinski definition) is 0. The second-order valence-corrected chi connectivity index (χ2v) is 5.17. The normalized spacial score (nSPS) is 29.8. The Bertz CT molecular complexity index is 352. The van der Waals surface area contributed by atoms with Gasteiger partial charge in [0, 0.05) is 18.5 Å². The highest BCUT2D eigenvalue weighted by Gasteiger charge is 2.29. The molecule has 1 aromatic carbocycles. The molecule has 1 radical (unpaired) electrons. The van der Waals surface area contributed by atoms with Crippen molar-refractivity contribution in [3.8, 4) is 0 Å². The van der Waals surface area contributed by atoms with Gasteiger partial charge in [-0.25, -0.2) is 5.32 Å². The molecule has 1 aliphatic carbocycles. The predicted molar refractivity (Wildman–Crippen MR) is 66.8 cm³/mol. The molecule has 1 heteroatoms. The van der Waals surface area contributed by atoms with E-state index in [1.54, 1.807) is 11.1 Å². The third-order valence-electron chi connectivity index (χ3n) is 4.15. The van der Waals surface area contributed by atoms with Crippen LogP contribution in [0.15, 0.2) is 24.3 Å². The Kier molecular flexibility index (Phi) is 2.96. The van der Waals surface area contributed by atoms with Crippen molar-refractivity contribution in [3.05, 3.63) is 35.4 Å². The van der Waals surface area contributed by atoms with E-state index in [0.29, 0.717) is 6.04 Å². The summed E-state index contributed by atoms with van der Waals surface area (Å²) >= 11 is 0. The lowest BCUT2D eigenvalue weighted by Gasteiger charge is -2.34. The molecular weight excluding hydrogens is 194 g/mol. The minimum absolute atomic E-state index is 0.621. The topological polar surface area (TPSA) is 14.1 Å². The second-order valence-electron chi connectivity index (χ2n) is 5.17. The van der Waals surface area contributed by atoms with E-state index in [4.69, 9.17) is 5.32 Å². The first-order valence-corrected chi connectivity index (χ1v) is 6.69. The summed E-state index contributed by atoms with van der Waals surface area (Å²) in [6.07, 6.45) is 8.00. The van der Waals surface area contributed by atoms with Gasteiger partial charge in [0.1, 0.15) is 0 Å². The van der Waals surface area contributed by atoms with Crippen molar-refractivity contribution in [1.82, 2.24) is 5.32 Å². The van der Waals surface area contributed by atoms with Crippen LogP contribution in [0.1, 0.15) is 49.1 Å². The van der Waals surface area contributed by atoms with Crippen molar-refractivity contribution in [2.75, 3.05) is 6.54 Å². The van der Waals surface area contributed by atoms with E-state index < -0.39 is 0 Å². The summed E-state index contributed by atoms with van der Waals surface area (Å²) in [5.74, 6) is 0.727. The van der Waals surface area contributed by atoms with Gasteiger partial charge in [0.25, 0.3) is 0 Å². The van der Waals surface area contributed by atoms with E-state index in [0.717, 1.165) is 12.5 Å². The maximum Gasteiger partial charge on any atom is 0.0314 e. The molecule has 0 N–H and O–H groups in total.